The number of nitrogens with one attached hydrogen (secondary N) is 2. The van der Waals surface area contributed by atoms with E-state index in [2.05, 4.69) is 25.3 Å². The van der Waals surface area contributed by atoms with Crippen molar-refractivity contribution in [2.75, 3.05) is 12.4 Å². The lowest BCUT2D eigenvalue weighted by Crippen LogP contribution is -2.16. The Hall–Kier alpha value is -3.03. The van der Waals surface area contributed by atoms with Crippen LogP contribution in [0.3, 0.4) is 0 Å². The van der Waals surface area contributed by atoms with Crippen LogP contribution in [0.1, 0.15) is 17.9 Å². The first kappa shape index (κ1) is 14.6. The molecule has 0 aliphatic heterocycles. The highest BCUT2D eigenvalue weighted by Gasteiger charge is 2.44. The Morgan fingerprint density at radius 3 is 3.08 bits per heavy atom. The van der Waals surface area contributed by atoms with Crippen molar-refractivity contribution in [1.29, 1.82) is 0 Å². The van der Waals surface area contributed by atoms with Gasteiger partial charge in [-0.1, -0.05) is 6.07 Å². The van der Waals surface area contributed by atoms with Gasteiger partial charge in [0.1, 0.15) is 11.8 Å². The number of aromatic amines is 1. The third kappa shape index (κ3) is 2.45. The molecule has 0 saturated heterocycles. The molecule has 2 aromatic heterocycles. The number of amides is 1. The minimum absolute atomic E-state index is 0.0543. The molecule has 1 amide bonds. The van der Waals surface area contributed by atoms with Gasteiger partial charge < -0.3 is 15.0 Å². The van der Waals surface area contributed by atoms with Crippen LogP contribution in [-0.4, -0.2) is 33.0 Å². The second kappa shape index (κ2) is 5.55. The molecule has 1 aliphatic rings. The molecular formula is C16H14FN5O2. The number of nitrogens with zero attached hydrogens (tertiary/aromatic N) is 3. The molecule has 1 aromatic carbocycles. The van der Waals surface area contributed by atoms with Gasteiger partial charge in [0.15, 0.2) is 23.0 Å². The van der Waals surface area contributed by atoms with Crippen molar-refractivity contribution in [3.63, 3.8) is 0 Å². The molecule has 1 aliphatic carbocycles. The summed E-state index contributed by atoms with van der Waals surface area (Å²) in [6.07, 6.45) is 3.56. The fourth-order valence-electron chi connectivity index (χ4n) is 2.83. The van der Waals surface area contributed by atoms with E-state index in [1.807, 2.05) is 0 Å². The number of benzene rings is 1. The van der Waals surface area contributed by atoms with Crippen LogP contribution in [-0.2, 0) is 4.79 Å². The fourth-order valence-corrected chi connectivity index (χ4v) is 2.83. The van der Waals surface area contributed by atoms with Gasteiger partial charge >= 0.3 is 0 Å². The average molecular weight is 327 g/mol. The van der Waals surface area contributed by atoms with E-state index in [4.69, 9.17) is 4.74 Å². The van der Waals surface area contributed by atoms with Crippen molar-refractivity contribution in [2.45, 2.75) is 12.3 Å². The number of H-pyrrole nitrogens is 1. The standard InChI is InChI=1S/C16H14FN5O2/c1-24-12-4-8(2-3-11(12)17)9-5-10(9)16(23)22-15-13-14(19-6-18-13)20-7-21-15/h2-4,6-7,9-10H,5H2,1H3,(H2,18,19,20,21,22,23)/t9-,10+/m0/s1. The van der Waals surface area contributed by atoms with Crippen LogP contribution in [0, 0.1) is 11.7 Å². The smallest absolute Gasteiger partial charge is 0.229 e. The molecule has 2 atom stereocenters. The first-order valence-corrected chi connectivity index (χ1v) is 7.45. The largest absolute Gasteiger partial charge is 0.494 e. The molecule has 3 aromatic rings. The molecule has 7 nitrogen and oxygen atoms in total. The van der Waals surface area contributed by atoms with Crippen LogP contribution in [0.15, 0.2) is 30.9 Å². The van der Waals surface area contributed by atoms with E-state index in [0.29, 0.717) is 23.4 Å². The van der Waals surface area contributed by atoms with Gasteiger partial charge in [-0.25, -0.2) is 19.3 Å². The maximum absolute atomic E-state index is 13.5. The number of carbonyl (C=O) groups excluding carboxylic acids is 1. The molecule has 24 heavy (non-hydrogen) atoms. The molecule has 1 saturated carbocycles. The number of halogens is 1. The molecule has 0 unspecified atom stereocenters. The van der Waals surface area contributed by atoms with E-state index < -0.39 is 5.82 Å². The summed E-state index contributed by atoms with van der Waals surface area (Å²) in [6, 6.07) is 4.69. The Morgan fingerprint density at radius 2 is 2.25 bits per heavy atom. The topological polar surface area (TPSA) is 92.8 Å². The summed E-state index contributed by atoms with van der Waals surface area (Å²) in [6.45, 7) is 0. The average Bonchev–Trinajstić information content (AvgIpc) is 3.24. The van der Waals surface area contributed by atoms with Crippen LogP contribution in [0.4, 0.5) is 10.2 Å². The highest BCUT2D eigenvalue weighted by atomic mass is 19.1. The van der Waals surface area contributed by atoms with Crippen LogP contribution in [0.2, 0.25) is 0 Å². The van der Waals surface area contributed by atoms with Crippen molar-refractivity contribution in [2.24, 2.45) is 5.92 Å². The zero-order chi connectivity index (χ0) is 16.7. The first-order valence-electron chi connectivity index (χ1n) is 7.45. The molecule has 4 rings (SSSR count). The van der Waals surface area contributed by atoms with Gasteiger partial charge in [-0.3, -0.25) is 4.79 Å². The third-order valence-electron chi connectivity index (χ3n) is 4.20. The van der Waals surface area contributed by atoms with Crippen LogP contribution < -0.4 is 10.1 Å². The number of hydrogen-bond donors (Lipinski definition) is 2. The zero-order valence-corrected chi connectivity index (χ0v) is 12.8. The molecule has 1 fully saturated rings. The summed E-state index contributed by atoms with van der Waals surface area (Å²) in [5.41, 5.74) is 1.98. The number of hydrogen-bond acceptors (Lipinski definition) is 5. The Balaban J connectivity index is 1.50. The minimum Gasteiger partial charge on any atom is -0.494 e. The maximum Gasteiger partial charge on any atom is 0.229 e. The molecule has 0 spiro atoms. The van der Waals surface area contributed by atoms with E-state index in [1.165, 1.54) is 25.8 Å². The van der Waals surface area contributed by atoms with E-state index in [9.17, 15) is 9.18 Å². The van der Waals surface area contributed by atoms with Crippen LogP contribution in [0.5, 0.6) is 5.75 Å². The summed E-state index contributed by atoms with van der Waals surface area (Å²) in [5.74, 6) is -0.0616. The number of fused-ring (bicyclic) bond motifs is 1. The SMILES string of the molecule is COc1cc([C@@H]2C[C@H]2C(=O)Nc2ncnc3nc[nH]c23)ccc1F. The van der Waals surface area contributed by atoms with Crippen molar-refractivity contribution in [1.82, 2.24) is 19.9 Å². The number of rotatable bonds is 4. The van der Waals surface area contributed by atoms with E-state index in [-0.39, 0.29) is 23.5 Å². The van der Waals surface area contributed by atoms with Crippen molar-refractivity contribution in [3.8, 4) is 5.75 Å². The third-order valence-corrected chi connectivity index (χ3v) is 4.20. The van der Waals surface area contributed by atoms with E-state index >= 15 is 0 Å². The number of ether oxygens (including phenoxy) is 1. The molecule has 0 bridgehead atoms. The maximum atomic E-state index is 13.5. The predicted molar refractivity (Wildman–Crippen MR) is 84.1 cm³/mol. The number of aromatic nitrogens is 4. The molecule has 8 heteroatoms. The van der Waals surface area contributed by atoms with Crippen LogP contribution >= 0.6 is 0 Å². The van der Waals surface area contributed by atoms with Crippen LogP contribution in [0.25, 0.3) is 11.2 Å². The number of anilines is 1. The lowest BCUT2D eigenvalue weighted by atomic mass is 10.1. The zero-order valence-electron chi connectivity index (χ0n) is 12.8. The first-order chi connectivity index (χ1) is 11.7. The number of carbonyl (C=O) groups is 1. The predicted octanol–water partition coefficient (Wildman–Crippen LogP) is 2.24. The summed E-state index contributed by atoms with van der Waals surface area (Å²) in [4.78, 5) is 27.5. The number of methoxy groups -OCH3 is 1. The summed E-state index contributed by atoms with van der Waals surface area (Å²) < 4.78 is 18.5. The van der Waals surface area contributed by atoms with Gasteiger partial charge in [-0.15, -0.1) is 0 Å². The quantitative estimate of drug-likeness (QED) is 0.766. The Bertz CT molecular complexity index is 926. The normalized spacial score (nSPS) is 19.2. The van der Waals surface area contributed by atoms with Crippen molar-refractivity contribution < 1.29 is 13.9 Å². The number of imidazole rings is 1. The second-order valence-electron chi connectivity index (χ2n) is 5.66. The van der Waals surface area contributed by atoms with Gasteiger partial charge in [0.25, 0.3) is 0 Å². The van der Waals surface area contributed by atoms with E-state index in [0.717, 1.165) is 5.56 Å². The van der Waals surface area contributed by atoms with Gasteiger partial charge in [0.05, 0.1) is 13.4 Å². The summed E-state index contributed by atoms with van der Waals surface area (Å²) in [7, 11) is 1.42. The van der Waals surface area contributed by atoms with Crippen molar-refractivity contribution in [3.05, 3.63) is 42.2 Å². The fraction of sp³-hybridized carbons (Fsp3) is 0.250. The molecule has 0 radical (unpaired) electrons. The molecule has 2 heterocycles. The van der Waals surface area contributed by atoms with Gasteiger partial charge in [-0.05, 0) is 30.0 Å². The summed E-state index contributed by atoms with van der Waals surface area (Å²) in [5, 5.41) is 2.81. The van der Waals surface area contributed by atoms with Crippen molar-refractivity contribution >= 4 is 22.9 Å². The molecule has 2 N–H and O–H groups in total. The lowest BCUT2D eigenvalue weighted by Gasteiger charge is -2.06. The monoisotopic (exact) mass is 327 g/mol. The molecular weight excluding hydrogens is 313 g/mol. The highest BCUT2D eigenvalue weighted by Crippen LogP contribution is 2.48. The Labute approximate surface area is 136 Å². The van der Waals surface area contributed by atoms with Gasteiger partial charge in [0, 0.05) is 5.92 Å². The highest BCUT2D eigenvalue weighted by molar-refractivity contribution is 5.99. The lowest BCUT2D eigenvalue weighted by molar-refractivity contribution is -0.117. The Kier molecular flexibility index (Phi) is 3.37. The Morgan fingerprint density at radius 1 is 1.38 bits per heavy atom. The second-order valence-corrected chi connectivity index (χ2v) is 5.66. The minimum atomic E-state index is -0.412. The van der Waals surface area contributed by atoms with Gasteiger partial charge in [-0.2, -0.15) is 0 Å². The summed E-state index contributed by atoms with van der Waals surface area (Å²) >= 11 is 0. The molecule has 122 valence electrons. The van der Waals surface area contributed by atoms with Gasteiger partial charge in [0.2, 0.25) is 5.91 Å². The van der Waals surface area contributed by atoms with E-state index in [1.54, 1.807) is 12.1 Å².